The van der Waals surface area contributed by atoms with Gasteiger partial charge in [0, 0.05) is 38.3 Å². The maximum Gasteiger partial charge on any atom is 0.226 e. The van der Waals surface area contributed by atoms with E-state index in [1.54, 1.807) is 7.05 Å². The van der Waals surface area contributed by atoms with Crippen LogP contribution in [0.1, 0.15) is 38.7 Å². The van der Waals surface area contributed by atoms with Crippen molar-refractivity contribution in [1.29, 1.82) is 0 Å². The summed E-state index contributed by atoms with van der Waals surface area (Å²) in [6.45, 7) is 5.70. The fraction of sp³-hybridized carbons (Fsp3) is 0.529. The molecule has 1 fully saturated rings. The number of hydrogen-bond acceptors (Lipinski definition) is 2. The Balaban J connectivity index is 0.00000264. The maximum absolute atomic E-state index is 11.9. The molecule has 1 saturated heterocycles. The lowest BCUT2D eigenvalue weighted by atomic mass is 10.1. The summed E-state index contributed by atoms with van der Waals surface area (Å²) in [5.41, 5.74) is 2.16. The molecule has 0 bridgehead atoms. The smallest absolute Gasteiger partial charge is 0.226 e. The number of aliphatic imine (C=N–C) groups is 1. The first-order valence-corrected chi connectivity index (χ1v) is 7.96. The molecule has 6 heteroatoms. The number of anilines is 1. The molecule has 0 spiro atoms. The van der Waals surface area contributed by atoms with Gasteiger partial charge >= 0.3 is 0 Å². The third-order valence-corrected chi connectivity index (χ3v) is 3.68. The van der Waals surface area contributed by atoms with Gasteiger partial charge in [-0.2, -0.15) is 0 Å². The van der Waals surface area contributed by atoms with Crippen molar-refractivity contribution >= 4 is 41.5 Å². The summed E-state index contributed by atoms with van der Waals surface area (Å²) < 4.78 is 0. The summed E-state index contributed by atoms with van der Waals surface area (Å²) in [5.74, 6) is 1.03. The summed E-state index contributed by atoms with van der Waals surface area (Å²) in [5, 5.41) is 6.54. The Bertz CT molecular complexity index is 528. The fourth-order valence-electron chi connectivity index (χ4n) is 2.53. The molecule has 23 heavy (non-hydrogen) atoms. The number of nitrogens with one attached hydrogen (secondary N) is 2. The van der Waals surface area contributed by atoms with Gasteiger partial charge < -0.3 is 15.5 Å². The van der Waals surface area contributed by atoms with E-state index in [1.165, 1.54) is 5.56 Å². The molecule has 0 unspecified atom stereocenters. The third-order valence-electron chi connectivity index (χ3n) is 3.68. The minimum atomic E-state index is 0. The number of guanidine groups is 1. The molecule has 1 heterocycles. The van der Waals surface area contributed by atoms with E-state index in [1.807, 2.05) is 17.0 Å². The van der Waals surface area contributed by atoms with Gasteiger partial charge in [0.05, 0.1) is 0 Å². The zero-order valence-corrected chi connectivity index (χ0v) is 16.5. The number of amides is 1. The SMILES string of the molecule is CN=C(NCc1ccc(N2CCCCC2=O)cc1)NC(C)C.I. The summed E-state index contributed by atoms with van der Waals surface area (Å²) >= 11 is 0. The van der Waals surface area contributed by atoms with Crippen molar-refractivity contribution in [2.24, 2.45) is 4.99 Å². The molecule has 0 atom stereocenters. The first kappa shape index (κ1) is 19.7. The number of halogens is 1. The summed E-state index contributed by atoms with van der Waals surface area (Å²) in [6.07, 6.45) is 2.77. The van der Waals surface area contributed by atoms with Gasteiger partial charge in [0.1, 0.15) is 0 Å². The van der Waals surface area contributed by atoms with E-state index >= 15 is 0 Å². The van der Waals surface area contributed by atoms with Crippen LogP contribution in [0.2, 0.25) is 0 Å². The Hall–Kier alpha value is -1.31. The summed E-state index contributed by atoms with van der Waals surface area (Å²) in [7, 11) is 1.77. The minimum absolute atomic E-state index is 0. The third kappa shape index (κ3) is 6.01. The van der Waals surface area contributed by atoms with Crippen LogP contribution >= 0.6 is 24.0 Å². The molecule has 0 aliphatic carbocycles. The Morgan fingerprint density at radius 3 is 2.52 bits per heavy atom. The van der Waals surface area contributed by atoms with Gasteiger partial charge in [-0.25, -0.2) is 0 Å². The van der Waals surface area contributed by atoms with Crippen LogP contribution in [0.5, 0.6) is 0 Å². The fourth-order valence-corrected chi connectivity index (χ4v) is 2.53. The van der Waals surface area contributed by atoms with Crippen LogP contribution in [0.25, 0.3) is 0 Å². The molecule has 2 N–H and O–H groups in total. The van der Waals surface area contributed by atoms with Crippen LogP contribution in [-0.2, 0) is 11.3 Å². The van der Waals surface area contributed by atoms with Crippen molar-refractivity contribution in [2.75, 3.05) is 18.5 Å². The highest BCUT2D eigenvalue weighted by Crippen LogP contribution is 2.21. The highest BCUT2D eigenvalue weighted by atomic mass is 127. The number of carbonyl (C=O) groups excluding carboxylic acids is 1. The minimum Gasteiger partial charge on any atom is -0.354 e. The van der Waals surface area contributed by atoms with Crippen molar-refractivity contribution in [3.8, 4) is 0 Å². The average Bonchev–Trinajstić information content (AvgIpc) is 2.52. The second kappa shape index (κ2) is 9.75. The van der Waals surface area contributed by atoms with Gasteiger partial charge in [-0.15, -0.1) is 24.0 Å². The van der Waals surface area contributed by atoms with Gasteiger partial charge in [0.15, 0.2) is 5.96 Å². The van der Waals surface area contributed by atoms with E-state index in [9.17, 15) is 4.79 Å². The quantitative estimate of drug-likeness (QED) is 0.439. The predicted molar refractivity (Wildman–Crippen MR) is 107 cm³/mol. The zero-order chi connectivity index (χ0) is 15.9. The molecule has 1 aliphatic heterocycles. The van der Waals surface area contributed by atoms with Crippen LogP contribution < -0.4 is 15.5 Å². The number of nitrogens with zero attached hydrogens (tertiary/aromatic N) is 2. The lowest BCUT2D eigenvalue weighted by Gasteiger charge is -2.26. The van der Waals surface area contributed by atoms with E-state index in [2.05, 4.69) is 41.6 Å². The Morgan fingerprint density at radius 1 is 1.26 bits per heavy atom. The summed E-state index contributed by atoms with van der Waals surface area (Å²) in [6, 6.07) is 8.52. The van der Waals surface area contributed by atoms with Gasteiger partial charge in [0.25, 0.3) is 0 Å². The molecule has 0 radical (unpaired) electrons. The monoisotopic (exact) mass is 430 g/mol. The molecule has 128 valence electrons. The van der Waals surface area contributed by atoms with Gasteiger partial charge in [0.2, 0.25) is 5.91 Å². The van der Waals surface area contributed by atoms with Crippen molar-refractivity contribution in [2.45, 2.75) is 45.7 Å². The van der Waals surface area contributed by atoms with E-state index in [4.69, 9.17) is 0 Å². The molecular weight excluding hydrogens is 403 g/mol. The lowest BCUT2D eigenvalue weighted by molar-refractivity contribution is -0.119. The standard InChI is InChI=1S/C17H26N4O.HI/c1-13(2)20-17(18-3)19-12-14-7-9-15(10-8-14)21-11-5-4-6-16(21)22;/h7-10,13H,4-6,11-12H2,1-3H3,(H2,18,19,20);1H. The number of piperidine rings is 1. The largest absolute Gasteiger partial charge is 0.354 e. The second-order valence-corrected chi connectivity index (χ2v) is 5.89. The number of benzene rings is 1. The Kier molecular flexibility index (Phi) is 8.36. The first-order chi connectivity index (χ1) is 10.6. The van der Waals surface area contributed by atoms with Crippen LogP contribution in [-0.4, -0.2) is 31.5 Å². The number of rotatable bonds is 4. The van der Waals surface area contributed by atoms with Crippen molar-refractivity contribution in [1.82, 2.24) is 10.6 Å². The molecular formula is C17H27IN4O. The summed E-state index contributed by atoms with van der Waals surface area (Å²) in [4.78, 5) is 18.0. The van der Waals surface area contributed by atoms with E-state index in [0.717, 1.165) is 31.0 Å². The van der Waals surface area contributed by atoms with Crippen molar-refractivity contribution < 1.29 is 4.79 Å². The van der Waals surface area contributed by atoms with Crippen LogP contribution in [0, 0.1) is 0 Å². The highest BCUT2D eigenvalue weighted by molar-refractivity contribution is 14.0. The van der Waals surface area contributed by atoms with E-state index < -0.39 is 0 Å². The molecule has 0 saturated carbocycles. The Morgan fingerprint density at radius 2 is 1.96 bits per heavy atom. The molecule has 1 aliphatic rings. The highest BCUT2D eigenvalue weighted by Gasteiger charge is 2.19. The topological polar surface area (TPSA) is 56.7 Å². The van der Waals surface area contributed by atoms with E-state index in [0.29, 0.717) is 19.0 Å². The number of carbonyl (C=O) groups is 1. The van der Waals surface area contributed by atoms with Gasteiger partial charge in [-0.1, -0.05) is 12.1 Å². The molecule has 1 amide bonds. The van der Waals surface area contributed by atoms with Crippen LogP contribution in [0.3, 0.4) is 0 Å². The number of hydrogen-bond donors (Lipinski definition) is 2. The maximum atomic E-state index is 11.9. The zero-order valence-electron chi connectivity index (χ0n) is 14.1. The van der Waals surface area contributed by atoms with E-state index in [-0.39, 0.29) is 29.9 Å². The Labute approximate surface area is 156 Å². The van der Waals surface area contributed by atoms with Crippen molar-refractivity contribution in [3.05, 3.63) is 29.8 Å². The second-order valence-electron chi connectivity index (χ2n) is 5.89. The normalized spacial score (nSPS) is 15.4. The first-order valence-electron chi connectivity index (χ1n) is 7.96. The average molecular weight is 430 g/mol. The predicted octanol–water partition coefficient (Wildman–Crippen LogP) is 2.89. The molecule has 5 nitrogen and oxygen atoms in total. The molecule has 2 rings (SSSR count). The molecule has 0 aromatic heterocycles. The van der Waals surface area contributed by atoms with Gasteiger partial charge in [-0.05, 0) is 44.4 Å². The molecule has 1 aromatic rings. The lowest BCUT2D eigenvalue weighted by Crippen LogP contribution is -2.40. The van der Waals surface area contributed by atoms with Gasteiger partial charge in [-0.3, -0.25) is 9.79 Å². The molecule has 1 aromatic carbocycles. The van der Waals surface area contributed by atoms with Crippen molar-refractivity contribution in [3.63, 3.8) is 0 Å². The van der Waals surface area contributed by atoms with Crippen LogP contribution in [0.15, 0.2) is 29.3 Å². The van der Waals surface area contributed by atoms with Crippen LogP contribution in [0.4, 0.5) is 5.69 Å².